The SMILES string of the molecule is CC/C=C\C[C@H](O)/C=C/C=C\C/C=C\C=C\[C@H](O)/C=C\CCCC(=O)O[C@H](COC(=O)CCCCCCCCC/C=C\CCCCCC)COP(=O)(O)O. The number of hydrogen-bond acceptors (Lipinski definition) is 8. The van der Waals surface area contributed by atoms with Crippen LogP contribution in [0.25, 0.3) is 0 Å². The van der Waals surface area contributed by atoms with E-state index in [0.29, 0.717) is 32.1 Å². The van der Waals surface area contributed by atoms with E-state index in [-0.39, 0.29) is 19.4 Å². The van der Waals surface area contributed by atoms with E-state index in [2.05, 4.69) is 30.5 Å². The fraction of sp³-hybridized carbons (Fsp3) is 0.628. The number of carbonyl (C=O) groups is 2. The van der Waals surface area contributed by atoms with Crippen molar-refractivity contribution in [2.45, 2.75) is 161 Å². The van der Waals surface area contributed by atoms with E-state index in [1.807, 2.05) is 42.5 Å². The van der Waals surface area contributed by atoms with E-state index in [0.717, 1.165) is 32.1 Å². The van der Waals surface area contributed by atoms with Crippen LogP contribution in [-0.4, -0.2) is 63.5 Å². The van der Waals surface area contributed by atoms with E-state index < -0.39 is 44.7 Å². The zero-order chi connectivity index (χ0) is 40.0. The zero-order valence-corrected chi connectivity index (χ0v) is 34.0. The fourth-order valence-electron chi connectivity index (χ4n) is 5.05. The minimum Gasteiger partial charge on any atom is -0.462 e. The molecule has 0 aliphatic rings. The number of carbonyl (C=O) groups excluding carboxylic acids is 2. The Morgan fingerprint density at radius 3 is 1.85 bits per heavy atom. The fourth-order valence-corrected chi connectivity index (χ4v) is 5.41. The first-order valence-corrected chi connectivity index (χ1v) is 21.6. The van der Waals surface area contributed by atoms with Crippen LogP contribution >= 0.6 is 7.82 Å². The second kappa shape index (κ2) is 37.1. The Balaban J connectivity index is 4.24. The molecule has 0 rings (SSSR count). The lowest BCUT2D eigenvalue weighted by Crippen LogP contribution is -2.29. The molecular formula is C43H71O10P. The highest BCUT2D eigenvalue weighted by Gasteiger charge is 2.22. The van der Waals surface area contributed by atoms with Gasteiger partial charge in [0.2, 0.25) is 0 Å². The number of rotatable bonds is 35. The molecule has 0 radical (unpaired) electrons. The van der Waals surface area contributed by atoms with Crippen LogP contribution in [0.2, 0.25) is 0 Å². The van der Waals surface area contributed by atoms with Crippen LogP contribution in [-0.2, 0) is 28.2 Å². The Hall–Kier alpha value is -2.85. The van der Waals surface area contributed by atoms with Crippen molar-refractivity contribution < 1.29 is 48.2 Å². The van der Waals surface area contributed by atoms with Crippen LogP contribution in [0.3, 0.4) is 0 Å². The lowest BCUT2D eigenvalue weighted by molar-refractivity contribution is -0.161. The smallest absolute Gasteiger partial charge is 0.462 e. The number of allylic oxidation sites excluding steroid dienone is 10. The van der Waals surface area contributed by atoms with Gasteiger partial charge in [-0.1, -0.05) is 150 Å². The summed E-state index contributed by atoms with van der Waals surface area (Å²) in [6, 6.07) is 0. The molecule has 11 heteroatoms. The molecule has 0 aromatic carbocycles. The van der Waals surface area contributed by atoms with Gasteiger partial charge in [0, 0.05) is 12.8 Å². The van der Waals surface area contributed by atoms with Gasteiger partial charge in [0.15, 0.2) is 6.10 Å². The van der Waals surface area contributed by atoms with Gasteiger partial charge in [0.1, 0.15) is 6.61 Å². The third kappa shape index (κ3) is 38.9. The highest BCUT2D eigenvalue weighted by molar-refractivity contribution is 7.46. The Labute approximate surface area is 326 Å². The van der Waals surface area contributed by atoms with Gasteiger partial charge in [-0.05, 0) is 64.2 Å². The molecule has 0 fully saturated rings. The largest absolute Gasteiger partial charge is 0.469 e. The van der Waals surface area contributed by atoms with Crippen LogP contribution in [0.15, 0.2) is 85.1 Å². The molecule has 0 aliphatic heterocycles. The number of ether oxygens (including phenoxy) is 2. The molecule has 0 aromatic heterocycles. The number of aliphatic hydroxyl groups is 2. The van der Waals surface area contributed by atoms with Crippen LogP contribution in [0.5, 0.6) is 0 Å². The van der Waals surface area contributed by atoms with E-state index in [9.17, 15) is 24.4 Å². The Morgan fingerprint density at radius 2 is 1.20 bits per heavy atom. The highest BCUT2D eigenvalue weighted by Crippen LogP contribution is 2.36. The maximum Gasteiger partial charge on any atom is 0.469 e. The minimum atomic E-state index is -4.81. The monoisotopic (exact) mass is 778 g/mol. The van der Waals surface area contributed by atoms with Crippen molar-refractivity contribution in [1.82, 2.24) is 0 Å². The number of phosphoric ester groups is 1. The van der Waals surface area contributed by atoms with E-state index in [1.54, 1.807) is 30.4 Å². The molecule has 0 aromatic rings. The number of hydrogen-bond donors (Lipinski definition) is 4. The zero-order valence-electron chi connectivity index (χ0n) is 33.1. The maximum atomic E-state index is 12.4. The summed E-state index contributed by atoms with van der Waals surface area (Å²) in [7, 11) is -4.81. The molecule has 0 saturated heterocycles. The van der Waals surface area contributed by atoms with Crippen molar-refractivity contribution in [3.63, 3.8) is 0 Å². The van der Waals surface area contributed by atoms with Crippen molar-refractivity contribution in [2.75, 3.05) is 13.2 Å². The number of esters is 2. The van der Waals surface area contributed by atoms with Gasteiger partial charge in [-0.2, -0.15) is 0 Å². The molecular weight excluding hydrogens is 707 g/mol. The van der Waals surface area contributed by atoms with E-state index in [4.69, 9.17) is 19.3 Å². The van der Waals surface area contributed by atoms with Crippen LogP contribution in [0.1, 0.15) is 142 Å². The summed E-state index contributed by atoms with van der Waals surface area (Å²) in [5, 5.41) is 19.9. The van der Waals surface area contributed by atoms with Gasteiger partial charge >= 0.3 is 19.8 Å². The Morgan fingerprint density at radius 1 is 0.611 bits per heavy atom. The second-order valence-corrected chi connectivity index (χ2v) is 14.5. The van der Waals surface area contributed by atoms with Crippen molar-refractivity contribution in [1.29, 1.82) is 0 Å². The highest BCUT2D eigenvalue weighted by atomic mass is 31.2. The molecule has 54 heavy (non-hydrogen) atoms. The lowest BCUT2D eigenvalue weighted by Gasteiger charge is -2.18. The number of phosphoric acid groups is 1. The first-order valence-electron chi connectivity index (χ1n) is 20.1. The average Bonchev–Trinajstić information content (AvgIpc) is 3.13. The molecule has 308 valence electrons. The molecule has 10 nitrogen and oxygen atoms in total. The third-order valence-corrected chi connectivity index (χ3v) is 8.56. The molecule has 0 unspecified atom stereocenters. The number of unbranched alkanes of at least 4 members (excludes halogenated alkanes) is 12. The normalized spacial score (nSPS) is 14.6. The predicted molar refractivity (Wildman–Crippen MR) is 219 cm³/mol. The molecule has 0 aliphatic carbocycles. The van der Waals surface area contributed by atoms with Crippen molar-refractivity contribution >= 4 is 19.8 Å². The van der Waals surface area contributed by atoms with E-state index in [1.165, 1.54) is 51.4 Å². The summed E-state index contributed by atoms with van der Waals surface area (Å²) in [5.41, 5.74) is 0. The van der Waals surface area contributed by atoms with Gasteiger partial charge in [-0.3, -0.25) is 14.1 Å². The van der Waals surface area contributed by atoms with Gasteiger partial charge in [-0.15, -0.1) is 0 Å². The van der Waals surface area contributed by atoms with Crippen molar-refractivity contribution in [2.24, 2.45) is 0 Å². The molecule has 0 saturated carbocycles. The molecule has 3 atom stereocenters. The first kappa shape index (κ1) is 51.1. The average molecular weight is 779 g/mol. The second-order valence-electron chi connectivity index (χ2n) is 13.3. The standard InChI is InChI=1S/C43H71O10P/c1-3-5-7-8-9-10-11-12-13-14-15-16-20-23-29-35-42(46)51-37-41(38-52-54(48,49)50)53-43(47)36-30-24-28-34-40(45)33-27-22-19-17-18-21-26-32-39(44)31-25-6-4-2/h6,10-11,18-19,21-22,25-28,32-34,39-41,44-45H,3-5,7-9,12-17,20,23-24,29-31,35-38H2,1-2H3,(H2,48,49,50)/b11-10-,21-18-,22-19-,25-6-,32-26+,33-27+,34-28-/t39-,40-,41+/m0/s1. The summed E-state index contributed by atoms with van der Waals surface area (Å²) in [4.78, 5) is 42.8. The summed E-state index contributed by atoms with van der Waals surface area (Å²) in [5.74, 6) is -1.08. The molecule has 0 heterocycles. The van der Waals surface area contributed by atoms with Crippen molar-refractivity contribution in [3.8, 4) is 0 Å². The lowest BCUT2D eigenvalue weighted by atomic mass is 10.1. The number of aliphatic hydroxyl groups excluding tert-OH is 2. The van der Waals surface area contributed by atoms with Crippen LogP contribution in [0, 0.1) is 0 Å². The molecule has 0 spiro atoms. The first-order chi connectivity index (χ1) is 26.1. The van der Waals surface area contributed by atoms with Gasteiger partial charge < -0.3 is 29.5 Å². The van der Waals surface area contributed by atoms with Crippen molar-refractivity contribution in [3.05, 3.63) is 85.1 Å². The van der Waals surface area contributed by atoms with E-state index >= 15 is 0 Å². The van der Waals surface area contributed by atoms with Crippen LogP contribution < -0.4 is 0 Å². The molecule has 0 amide bonds. The predicted octanol–water partition coefficient (Wildman–Crippen LogP) is 10.0. The van der Waals surface area contributed by atoms with Gasteiger partial charge in [-0.25, -0.2) is 4.57 Å². The van der Waals surface area contributed by atoms with Crippen LogP contribution in [0.4, 0.5) is 0 Å². The summed E-state index contributed by atoms with van der Waals surface area (Å²) in [6.07, 6.45) is 42.3. The van der Waals surface area contributed by atoms with Gasteiger partial charge in [0.05, 0.1) is 18.8 Å². The molecule has 0 bridgehead atoms. The van der Waals surface area contributed by atoms with Gasteiger partial charge in [0.25, 0.3) is 0 Å². The summed E-state index contributed by atoms with van der Waals surface area (Å²) in [6.45, 7) is 3.30. The Kier molecular flexibility index (Phi) is 35.1. The topological polar surface area (TPSA) is 160 Å². The summed E-state index contributed by atoms with van der Waals surface area (Å²) < 4.78 is 26.2. The molecule has 4 N–H and O–H groups in total. The minimum absolute atomic E-state index is 0.0206. The quantitative estimate of drug-likeness (QED) is 0.0160. The maximum absolute atomic E-state index is 12.4. The summed E-state index contributed by atoms with van der Waals surface area (Å²) >= 11 is 0. The third-order valence-electron chi connectivity index (χ3n) is 8.07. The Bertz CT molecular complexity index is 1180.